The molecular formula is C17H17N3O6. The molecule has 1 fully saturated rings. The maximum Gasteiger partial charge on any atom is 0.266 e. The molecule has 136 valence electrons. The van der Waals surface area contributed by atoms with Crippen molar-refractivity contribution in [3.8, 4) is 5.75 Å². The molecule has 0 spiro atoms. The van der Waals surface area contributed by atoms with Gasteiger partial charge in [0, 0.05) is 20.5 Å². The molecule has 1 saturated heterocycles. The molecule has 0 bridgehead atoms. The monoisotopic (exact) mass is 359 g/mol. The van der Waals surface area contributed by atoms with Crippen molar-refractivity contribution in [2.45, 2.75) is 18.9 Å². The number of piperidine rings is 1. The molecule has 9 heteroatoms. The van der Waals surface area contributed by atoms with Gasteiger partial charge in [0.15, 0.2) is 6.61 Å². The van der Waals surface area contributed by atoms with Gasteiger partial charge in [-0.3, -0.25) is 34.2 Å². The molecule has 0 radical (unpaired) electrons. The second kappa shape index (κ2) is 6.58. The third kappa shape index (κ3) is 2.92. The fourth-order valence-electron chi connectivity index (χ4n) is 2.87. The van der Waals surface area contributed by atoms with E-state index in [0.29, 0.717) is 0 Å². The van der Waals surface area contributed by atoms with Crippen LogP contribution < -0.4 is 10.1 Å². The summed E-state index contributed by atoms with van der Waals surface area (Å²) in [6.07, 6.45) is 0.121. The second-order valence-electron chi connectivity index (χ2n) is 6.20. The maximum atomic E-state index is 12.8. The quantitative estimate of drug-likeness (QED) is 0.729. The van der Waals surface area contributed by atoms with E-state index in [-0.39, 0.29) is 42.2 Å². The lowest BCUT2D eigenvalue weighted by Gasteiger charge is -2.27. The van der Waals surface area contributed by atoms with Crippen molar-refractivity contribution in [1.82, 2.24) is 15.1 Å². The highest BCUT2D eigenvalue weighted by Crippen LogP contribution is 2.33. The number of amides is 5. The van der Waals surface area contributed by atoms with Crippen LogP contribution in [0.3, 0.4) is 0 Å². The van der Waals surface area contributed by atoms with Crippen LogP contribution in [0.15, 0.2) is 18.2 Å². The number of fused-ring (bicyclic) bond motifs is 1. The topological polar surface area (TPSA) is 113 Å². The lowest BCUT2D eigenvalue weighted by molar-refractivity contribution is -0.136. The van der Waals surface area contributed by atoms with Crippen LogP contribution in [-0.4, -0.2) is 66.1 Å². The van der Waals surface area contributed by atoms with E-state index in [1.54, 1.807) is 14.1 Å². The van der Waals surface area contributed by atoms with Gasteiger partial charge in [0.25, 0.3) is 17.7 Å². The summed E-state index contributed by atoms with van der Waals surface area (Å²) in [4.78, 5) is 62.7. The van der Waals surface area contributed by atoms with E-state index >= 15 is 0 Å². The van der Waals surface area contributed by atoms with Crippen LogP contribution >= 0.6 is 0 Å². The van der Waals surface area contributed by atoms with Crippen molar-refractivity contribution in [2.75, 3.05) is 20.7 Å². The number of ether oxygens (including phenoxy) is 1. The largest absolute Gasteiger partial charge is 0.483 e. The molecule has 1 unspecified atom stereocenters. The van der Waals surface area contributed by atoms with Crippen molar-refractivity contribution in [2.24, 2.45) is 0 Å². The van der Waals surface area contributed by atoms with Crippen molar-refractivity contribution in [3.05, 3.63) is 29.3 Å². The van der Waals surface area contributed by atoms with Gasteiger partial charge in [0.1, 0.15) is 11.8 Å². The molecule has 2 aliphatic rings. The van der Waals surface area contributed by atoms with E-state index in [0.717, 1.165) is 4.90 Å². The summed E-state index contributed by atoms with van der Waals surface area (Å²) in [6, 6.07) is 3.44. The third-order valence-corrected chi connectivity index (χ3v) is 4.28. The molecule has 26 heavy (non-hydrogen) atoms. The molecule has 1 aromatic rings. The molecule has 1 N–H and O–H groups in total. The number of nitrogens with one attached hydrogen (secondary N) is 1. The highest BCUT2D eigenvalue weighted by Gasteiger charge is 2.46. The number of rotatable bonds is 4. The number of carbonyl (C=O) groups excluding carboxylic acids is 5. The van der Waals surface area contributed by atoms with Crippen LogP contribution in [0.5, 0.6) is 5.75 Å². The van der Waals surface area contributed by atoms with Crippen LogP contribution in [0.4, 0.5) is 0 Å². The standard InChI is InChI=1S/C17H17N3O6/c1-19(2)13(22)8-26-11-5-3-4-9-14(11)17(25)20(16(9)24)10-6-7-12(21)18-15(10)23/h3-5,10H,6-8H2,1-2H3,(H,18,21,23). The minimum absolute atomic E-state index is 0.0220. The highest BCUT2D eigenvalue weighted by molar-refractivity contribution is 6.24. The van der Waals surface area contributed by atoms with Gasteiger partial charge in [-0.05, 0) is 18.6 Å². The van der Waals surface area contributed by atoms with Gasteiger partial charge in [-0.1, -0.05) is 6.07 Å². The molecule has 1 atom stereocenters. The zero-order valence-electron chi connectivity index (χ0n) is 14.3. The third-order valence-electron chi connectivity index (χ3n) is 4.28. The molecule has 2 heterocycles. The Balaban J connectivity index is 1.88. The molecule has 0 saturated carbocycles. The average Bonchev–Trinajstić information content (AvgIpc) is 2.85. The Hall–Kier alpha value is -3.23. The van der Waals surface area contributed by atoms with Crippen LogP contribution in [-0.2, 0) is 14.4 Å². The van der Waals surface area contributed by atoms with Gasteiger partial charge >= 0.3 is 0 Å². The molecular weight excluding hydrogens is 342 g/mol. The Morgan fingerprint density at radius 1 is 1.23 bits per heavy atom. The predicted octanol–water partition coefficient (Wildman–Crippen LogP) is -0.445. The summed E-state index contributed by atoms with van der Waals surface area (Å²) in [5.41, 5.74) is 0.128. The van der Waals surface area contributed by atoms with Crippen molar-refractivity contribution >= 4 is 29.5 Å². The van der Waals surface area contributed by atoms with Crippen molar-refractivity contribution in [3.63, 3.8) is 0 Å². The van der Waals surface area contributed by atoms with Gasteiger partial charge in [0.05, 0.1) is 11.1 Å². The van der Waals surface area contributed by atoms with Crippen LogP contribution in [0, 0.1) is 0 Å². The Bertz CT molecular complexity index is 832. The summed E-state index contributed by atoms with van der Waals surface area (Å²) < 4.78 is 5.42. The molecule has 9 nitrogen and oxygen atoms in total. The molecule has 2 aliphatic heterocycles. The number of hydrogen-bond acceptors (Lipinski definition) is 6. The minimum Gasteiger partial charge on any atom is -0.483 e. The summed E-state index contributed by atoms with van der Waals surface area (Å²) in [7, 11) is 3.14. The van der Waals surface area contributed by atoms with Crippen LogP contribution in [0.2, 0.25) is 0 Å². The second-order valence-corrected chi connectivity index (χ2v) is 6.20. The molecule has 5 amide bonds. The lowest BCUT2D eigenvalue weighted by Crippen LogP contribution is -2.54. The Labute approximate surface area is 148 Å². The lowest BCUT2D eigenvalue weighted by atomic mass is 10.0. The zero-order chi connectivity index (χ0) is 19.0. The van der Waals surface area contributed by atoms with Gasteiger partial charge in [-0.25, -0.2) is 0 Å². The first-order valence-corrected chi connectivity index (χ1v) is 7.98. The first-order valence-electron chi connectivity index (χ1n) is 7.98. The number of hydrogen-bond donors (Lipinski definition) is 1. The number of benzene rings is 1. The van der Waals surface area contributed by atoms with E-state index in [1.165, 1.54) is 23.1 Å². The van der Waals surface area contributed by atoms with E-state index < -0.39 is 29.7 Å². The normalized spacial score (nSPS) is 19.3. The molecule has 3 rings (SSSR count). The summed E-state index contributed by atoms with van der Waals surface area (Å²) in [5.74, 6) is -2.61. The van der Waals surface area contributed by atoms with E-state index in [2.05, 4.69) is 5.32 Å². The van der Waals surface area contributed by atoms with Crippen LogP contribution in [0.1, 0.15) is 33.6 Å². The maximum absolute atomic E-state index is 12.8. The Kier molecular flexibility index (Phi) is 4.45. The molecule has 0 aromatic heterocycles. The average molecular weight is 359 g/mol. The van der Waals surface area contributed by atoms with Gasteiger partial charge in [-0.2, -0.15) is 0 Å². The van der Waals surface area contributed by atoms with Crippen LogP contribution in [0.25, 0.3) is 0 Å². The smallest absolute Gasteiger partial charge is 0.266 e. The molecule has 0 aliphatic carbocycles. The van der Waals surface area contributed by atoms with Crippen molar-refractivity contribution in [1.29, 1.82) is 0 Å². The number of likely N-dealkylation sites (N-methyl/N-ethyl adjacent to an activating group) is 1. The first kappa shape index (κ1) is 17.6. The highest BCUT2D eigenvalue weighted by atomic mass is 16.5. The first-order chi connectivity index (χ1) is 12.3. The fourth-order valence-corrected chi connectivity index (χ4v) is 2.87. The summed E-state index contributed by atoms with van der Waals surface area (Å²) >= 11 is 0. The summed E-state index contributed by atoms with van der Waals surface area (Å²) in [6.45, 7) is -0.288. The molecule has 1 aromatic carbocycles. The summed E-state index contributed by atoms with van der Waals surface area (Å²) in [5, 5.41) is 2.14. The van der Waals surface area contributed by atoms with E-state index in [9.17, 15) is 24.0 Å². The Morgan fingerprint density at radius 3 is 2.62 bits per heavy atom. The van der Waals surface area contributed by atoms with Gasteiger partial charge < -0.3 is 9.64 Å². The van der Waals surface area contributed by atoms with Gasteiger partial charge in [-0.15, -0.1) is 0 Å². The SMILES string of the molecule is CN(C)C(=O)COc1cccc2c1C(=O)N(C1CCC(=O)NC1=O)C2=O. The van der Waals surface area contributed by atoms with E-state index in [1.807, 2.05) is 0 Å². The number of carbonyl (C=O) groups is 5. The number of nitrogens with zero attached hydrogens (tertiary/aromatic N) is 2. The number of imide groups is 2. The Morgan fingerprint density at radius 2 is 1.96 bits per heavy atom. The minimum atomic E-state index is -1.05. The fraction of sp³-hybridized carbons (Fsp3) is 0.353. The van der Waals surface area contributed by atoms with Gasteiger partial charge in [0.2, 0.25) is 11.8 Å². The predicted molar refractivity (Wildman–Crippen MR) is 87.3 cm³/mol. The zero-order valence-corrected chi connectivity index (χ0v) is 14.3. The van der Waals surface area contributed by atoms with E-state index in [4.69, 9.17) is 4.74 Å². The van der Waals surface area contributed by atoms with Crippen molar-refractivity contribution < 1.29 is 28.7 Å².